The van der Waals surface area contributed by atoms with Crippen LogP contribution in [0.4, 0.5) is 0 Å². The predicted molar refractivity (Wildman–Crippen MR) is 87.8 cm³/mol. The van der Waals surface area contributed by atoms with Crippen LogP contribution in [0.15, 0.2) is 51.9 Å². The first kappa shape index (κ1) is 16.4. The number of H-pyrrole nitrogens is 1. The summed E-state index contributed by atoms with van der Waals surface area (Å²) in [6.07, 6.45) is 0.465. The van der Waals surface area contributed by atoms with Gasteiger partial charge in [0.15, 0.2) is 11.8 Å². The van der Waals surface area contributed by atoms with Crippen LogP contribution in [0.3, 0.4) is 0 Å². The van der Waals surface area contributed by atoms with Crippen molar-refractivity contribution in [1.82, 2.24) is 15.5 Å². The number of esters is 1. The number of hydrogen-bond acceptors (Lipinski definition) is 6. The summed E-state index contributed by atoms with van der Waals surface area (Å²) in [5.74, 6) is -0.688. The third-order valence-corrected chi connectivity index (χ3v) is 3.56. The van der Waals surface area contributed by atoms with E-state index in [0.717, 1.165) is 0 Å². The summed E-state index contributed by atoms with van der Waals surface area (Å²) >= 11 is 0. The molecule has 0 aliphatic heterocycles. The van der Waals surface area contributed by atoms with Crippen molar-refractivity contribution in [3.05, 3.63) is 64.5 Å². The Morgan fingerprint density at radius 3 is 2.72 bits per heavy atom. The first-order chi connectivity index (χ1) is 12.1. The number of benzene rings is 1. The zero-order chi connectivity index (χ0) is 17.8. The number of aromatic amines is 1. The van der Waals surface area contributed by atoms with Gasteiger partial charge in [0.2, 0.25) is 0 Å². The van der Waals surface area contributed by atoms with Crippen LogP contribution in [0, 0.1) is 0 Å². The van der Waals surface area contributed by atoms with Gasteiger partial charge in [-0.15, -0.1) is 0 Å². The molecule has 0 fully saturated rings. The Labute approximate surface area is 141 Å². The highest BCUT2D eigenvalue weighted by Gasteiger charge is 2.22. The van der Waals surface area contributed by atoms with Gasteiger partial charge < -0.3 is 14.5 Å². The van der Waals surface area contributed by atoms with Gasteiger partial charge in [0.1, 0.15) is 5.76 Å². The minimum Gasteiger partial charge on any atom is -0.467 e. The second-order valence-corrected chi connectivity index (χ2v) is 5.29. The fourth-order valence-electron chi connectivity index (χ4n) is 2.27. The van der Waals surface area contributed by atoms with E-state index in [0.29, 0.717) is 16.5 Å². The lowest BCUT2D eigenvalue weighted by atomic mass is 10.1. The lowest BCUT2D eigenvalue weighted by Gasteiger charge is -2.13. The van der Waals surface area contributed by atoms with E-state index < -0.39 is 23.5 Å². The molecule has 3 rings (SSSR count). The average molecular weight is 341 g/mol. The average Bonchev–Trinajstić information content (AvgIpc) is 3.13. The molecule has 0 aliphatic carbocycles. The Morgan fingerprint density at radius 2 is 2.00 bits per heavy atom. The molecule has 25 heavy (non-hydrogen) atoms. The van der Waals surface area contributed by atoms with Crippen LogP contribution in [0.1, 0.15) is 23.2 Å². The molecule has 128 valence electrons. The van der Waals surface area contributed by atoms with Gasteiger partial charge in [-0.25, -0.2) is 9.89 Å². The molecule has 1 amide bonds. The monoisotopic (exact) mass is 341 g/mol. The Morgan fingerprint density at radius 1 is 1.24 bits per heavy atom. The lowest BCUT2D eigenvalue weighted by Crippen LogP contribution is -2.35. The zero-order valence-corrected chi connectivity index (χ0v) is 13.3. The molecule has 0 spiro atoms. The van der Waals surface area contributed by atoms with E-state index in [1.165, 1.54) is 13.2 Å². The number of aromatic nitrogens is 2. The Kier molecular flexibility index (Phi) is 4.60. The standard InChI is InChI=1S/C17H15N3O5/c1-10(15(21)18-9-11-5-4-8-24-11)25-17(23)14-12-6-2-3-7-13(12)16(22)20-19-14/h2-8,10H,9H2,1H3,(H,18,21)(H,20,22). The molecule has 1 aromatic carbocycles. The van der Waals surface area contributed by atoms with Gasteiger partial charge in [0.05, 0.1) is 18.2 Å². The van der Waals surface area contributed by atoms with Crippen LogP contribution in [-0.2, 0) is 16.1 Å². The second kappa shape index (κ2) is 7.00. The third kappa shape index (κ3) is 3.57. The zero-order valence-electron chi connectivity index (χ0n) is 13.3. The maximum Gasteiger partial charge on any atom is 0.360 e. The smallest absolute Gasteiger partial charge is 0.360 e. The molecule has 0 saturated heterocycles. The SMILES string of the molecule is CC(OC(=O)c1n[nH]c(=O)c2ccccc12)C(=O)NCc1ccco1. The fraction of sp³-hybridized carbons (Fsp3) is 0.176. The lowest BCUT2D eigenvalue weighted by molar-refractivity contribution is -0.129. The largest absolute Gasteiger partial charge is 0.467 e. The van der Waals surface area contributed by atoms with Crippen molar-refractivity contribution in [3.8, 4) is 0 Å². The van der Waals surface area contributed by atoms with E-state index >= 15 is 0 Å². The van der Waals surface area contributed by atoms with Crippen molar-refractivity contribution >= 4 is 22.6 Å². The van der Waals surface area contributed by atoms with Gasteiger partial charge in [-0.05, 0) is 25.1 Å². The maximum atomic E-state index is 12.3. The highest BCUT2D eigenvalue weighted by atomic mass is 16.5. The van der Waals surface area contributed by atoms with Gasteiger partial charge in [0, 0.05) is 5.39 Å². The number of hydrogen-bond donors (Lipinski definition) is 2. The molecular formula is C17H15N3O5. The van der Waals surface area contributed by atoms with E-state index in [1.54, 1.807) is 36.4 Å². The molecule has 2 heterocycles. The summed E-state index contributed by atoms with van der Waals surface area (Å²) in [5, 5.41) is 9.28. The molecule has 3 aromatic rings. The minimum atomic E-state index is -1.03. The highest BCUT2D eigenvalue weighted by Crippen LogP contribution is 2.14. The molecular weight excluding hydrogens is 326 g/mol. The van der Waals surface area contributed by atoms with Gasteiger partial charge in [-0.3, -0.25) is 9.59 Å². The number of carbonyl (C=O) groups excluding carboxylic acids is 2. The number of furan rings is 1. The van der Waals surface area contributed by atoms with E-state index in [2.05, 4.69) is 15.5 Å². The quantitative estimate of drug-likeness (QED) is 0.678. The van der Waals surface area contributed by atoms with Crippen LogP contribution in [0.25, 0.3) is 10.8 Å². The van der Waals surface area contributed by atoms with E-state index in [4.69, 9.17) is 9.15 Å². The van der Waals surface area contributed by atoms with Crippen molar-refractivity contribution < 1.29 is 18.7 Å². The molecule has 0 radical (unpaired) electrons. The minimum absolute atomic E-state index is 0.0547. The number of ether oxygens (including phenoxy) is 1. The first-order valence-electron chi connectivity index (χ1n) is 7.55. The topological polar surface area (TPSA) is 114 Å². The Bertz CT molecular complexity index is 962. The van der Waals surface area contributed by atoms with Crippen molar-refractivity contribution in [1.29, 1.82) is 0 Å². The Balaban J connectivity index is 1.70. The molecule has 0 aliphatic rings. The van der Waals surface area contributed by atoms with Crippen LogP contribution in [0.2, 0.25) is 0 Å². The molecule has 8 heteroatoms. The number of rotatable bonds is 5. The predicted octanol–water partition coefficient (Wildman–Crippen LogP) is 1.38. The maximum absolute atomic E-state index is 12.3. The summed E-state index contributed by atoms with van der Waals surface area (Å²) < 4.78 is 10.3. The van der Waals surface area contributed by atoms with Gasteiger partial charge in [-0.1, -0.05) is 18.2 Å². The molecule has 1 atom stereocenters. The number of carbonyl (C=O) groups is 2. The van der Waals surface area contributed by atoms with Gasteiger partial charge in [0.25, 0.3) is 11.5 Å². The molecule has 0 bridgehead atoms. The van der Waals surface area contributed by atoms with E-state index in [-0.39, 0.29) is 12.2 Å². The molecule has 0 saturated carbocycles. The number of nitrogens with zero attached hydrogens (tertiary/aromatic N) is 1. The molecule has 8 nitrogen and oxygen atoms in total. The summed E-state index contributed by atoms with van der Waals surface area (Å²) in [6.45, 7) is 1.64. The summed E-state index contributed by atoms with van der Waals surface area (Å²) in [5.41, 5.74) is -0.461. The van der Waals surface area contributed by atoms with Crippen LogP contribution in [-0.4, -0.2) is 28.2 Å². The summed E-state index contributed by atoms with van der Waals surface area (Å²) in [7, 11) is 0. The fourth-order valence-corrected chi connectivity index (χ4v) is 2.27. The highest BCUT2D eigenvalue weighted by molar-refractivity contribution is 6.02. The van der Waals surface area contributed by atoms with Crippen molar-refractivity contribution in [2.75, 3.05) is 0 Å². The number of nitrogens with one attached hydrogen (secondary N) is 2. The van der Waals surface area contributed by atoms with Gasteiger partial charge in [-0.2, -0.15) is 5.10 Å². The van der Waals surface area contributed by atoms with E-state index in [1.807, 2.05) is 0 Å². The molecule has 2 aromatic heterocycles. The van der Waals surface area contributed by atoms with Crippen LogP contribution in [0.5, 0.6) is 0 Å². The van der Waals surface area contributed by atoms with Crippen molar-refractivity contribution in [2.45, 2.75) is 19.6 Å². The van der Waals surface area contributed by atoms with Crippen molar-refractivity contribution in [2.24, 2.45) is 0 Å². The van der Waals surface area contributed by atoms with E-state index in [9.17, 15) is 14.4 Å². The van der Waals surface area contributed by atoms with Gasteiger partial charge >= 0.3 is 5.97 Å². The third-order valence-electron chi connectivity index (χ3n) is 3.56. The summed E-state index contributed by atoms with van der Waals surface area (Å²) in [4.78, 5) is 36.1. The summed E-state index contributed by atoms with van der Waals surface area (Å²) in [6, 6.07) is 9.95. The van der Waals surface area contributed by atoms with Crippen molar-refractivity contribution in [3.63, 3.8) is 0 Å². The number of amides is 1. The Hall–Kier alpha value is -3.42. The van der Waals surface area contributed by atoms with Crippen LogP contribution < -0.4 is 10.9 Å². The van der Waals surface area contributed by atoms with Crippen LogP contribution >= 0.6 is 0 Å². The number of fused-ring (bicyclic) bond motifs is 1. The molecule has 2 N–H and O–H groups in total. The first-order valence-corrected chi connectivity index (χ1v) is 7.55. The molecule has 1 unspecified atom stereocenters. The normalized spacial score (nSPS) is 11.9. The second-order valence-electron chi connectivity index (χ2n) is 5.29.